The molecule has 0 radical (unpaired) electrons. The van der Waals surface area contributed by atoms with E-state index in [2.05, 4.69) is 14.7 Å². The topological polar surface area (TPSA) is 81.1 Å². The van der Waals surface area contributed by atoms with Crippen LogP contribution in [0.1, 0.15) is 11.4 Å². The van der Waals surface area contributed by atoms with Gasteiger partial charge < -0.3 is 9.72 Å². The molecular formula is C15H10F3N3O3. The van der Waals surface area contributed by atoms with Gasteiger partial charge in [-0.15, -0.1) is 13.2 Å². The van der Waals surface area contributed by atoms with Crippen molar-refractivity contribution < 1.29 is 22.8 Å². The summed E-state index contributed by atoms with van der Waals surface area (Å²) < 4.78 is 40.1. The van der Waals surface area contributed by atoms with Gasteiger partial charge in [-0.1, -0.05) is 12.1 Å². The van der Waals surface area contributed by atoms with Gasteiger partial charge in [0, 0.05) is 18.6 Å². The predicted octanol–water partition coefficient (Wildman–Crippen LogP) is 3.96. The first-order valence-electron chi connectivity index (χ1n) is 6.78. The summed E-state index contributed by atoms with van der Waals surface area (Å²) in [5.41, 5.74) is 1.77. The quantitative estimate of drug-likeness (QED) is 0.577. The third-order valence-electron chi connectivity index (χ3n) is 3.25. The molecule has 0 saturated carbocycles. The number of non-ortho nitro benzene ring substituents is 1. The van der Waals surface area contributed by atoms with E-state index in [0.717, 1.165) is 5.56 Å². The second-order valence-electron chi connectivity index (χ2n) is 5.01. The number of nitro benzene ring substituents is 1. The smallest absolute Gasteiger partial charge is 0.406 e. The average Bonchev–Trinajstić information content (AvgIpc) is 2.89. The van der Waals surface area contributed by atoms with Crippen LogP contribution >= 0.6 is 0 Å². The summed E-state index contributed by atoms with van der Waals surface area (Å²) in [6.07, 6.45) is -4.39. The van der Waals surface area contributed by atoms with Crippen LogP contribution in [0.2, 0.25) is 0 Å². The highest BCUT2D eigenvalue weighted by molar-refractivity contribution is 5.77. The fourth-order valence-electron chi connectivity index (χ4n) is 2.25. The van der Waals surface area contributed by atoms with E-state index < -0.39 is 11.3 Å². The first kappa shape index (κ1) is 15.8. The second-order valence-corrected chi connectivity index (χ2v) is 5.01. The van der Waals surface area contributed by atoms with Crippen molar-refractivity contribution in [2.24, 2.45) is 0 Å². The number of halogens is 3. The number of fused-ring (bicyclic) bond motifs is 1. The molecule has 124 valence electrons. The molecule has 24 heavy (non-hydrogen) atoms. The average molecular weight is 337 g/mol. The van der Waals surface area contributed by atoms with E-state index in [1.807, 2.05) is 0 Å². The summed E-state index contributed by atoms with van der Waals surface area (Å²) in [5, 5.41) is 10.8. The van der Waals surface area contributed by atoms with Crippen molar-refractivity contribution in [1.29, 1.82) is 0 Å². The van der Waals surface area contributed by atoms with Gasteiger partial charge in [0.1, 0.15) is 11.6 Å². The number of nitrogens with one attached hydrogen (secondary N) is 1. The third-order valence-corrected chi connectivity index (χ3v) is 3.25. The van der Waals surface area contributed by atoms with E-state index in [9.17, 15) is 23.3 Å². The molecule has 0 bridgehead atoms. The molecule has 0 saturated heterocycles. The largest absolute Gasteiger partial charge is 0.573 e. The molecule has 6 nitrogen and oxygen atoms in total. The van der Waals surface area contributed by atoms with Gasteiger partial charge >= 0.3 is 6.36 Å². The van der Waals surface area contributed by atoms with Crippen molar-refractivity contribution in [2.45, 2.75) is 12.8 Å². The summed E-state index contributed by atoms with van der Waals surface area (Å²) in [6.45, 7) is 0. The predicted molar refractivity (Wildman–Crippen MR) is 78.7 cm³/mol. The summed E-state index contributed by atoms with van der Waals surface area (Å²) in [5.74, 6) is 0.251. The van der Waals surface area contributed by atoms with Crippen molar-refractivity contribution >= 4 is 16.7 Å². The Bertz CT molecular complexity index is 888. The van der Waals surface area contributed by atoms with Crippen LogP contribution in [0.25, 0.3) is 11.0 Å². The molecule has 1 heterocycles. The number of hydrogen-bond acceptors (Lipinski definition) is 4. The van der Waals surface area contributed by atoms with E-state index in [1.54, 1.807) is 0 Å². The van der Waals surface area contributed by atoms with Crippen molar-refractivity contribution in [3.8, 4) is 5.75 Å². The van der Waals surface area contributed by atoms with Crippen LogP contribution in [0.15, 0.2) is 42.5 Å². The Morgan fingerprint density at radius 1 is 1.17 bits per heavy atom. The lowest BCUT2D eigenvalue weighted by atomic mass is 10.1. The molecular weight excluding hydrogens is 327 g/mol. The minimum atomic E-state index is -4.73. The van der Waals surface area contributed by atoms with Gasteiger partial charge in [0.15, 0.2) is 0 Å². The van der Waals surface area contributed by atoms with Crippen LogP contribution in [-0.2, 0) is 6.42 Å². The van der Waals surface area contributed by atoms with Crippen LogP contribution < -0.4 is 4.74 Å². The van der Waals surface area contributed by atoms with Crippen LogP contribution in [0.4, 0.5) is 18.9 Å². The molecule has 0 aliphatic heterocycles. The van der Waals surface area contributed by atoms with Crippen LogP contribution in [0, 0.1) is 10.1 Å². The Hall–Kier alpha value is -3.10. The summed E-state index contributed by atoms with van der Waals surface area (Å²) >= 11 is 0. The molecule has 0 atom stereocenters. The molecule has 9 heteroatoms. The SMILES string of the molecule is O=[N+]([O-])c1ccc2nc(Cc3ccc(OC(F)(F)F)cc3)[nH]c2c1. The number of hydrogen-bond donors (Lipinski definition) is 1. The summed E-state index contributed by atoms with van der Waals surface area (Å²) in [6, 6.07) is 9.70. The molecule has 3 aromatic rings. The summed E-state index contributed by atoms with van der Waals surface area (Å²) in [7, 11) is 0. The highest BCUT2D eigenvalue weighted by Crippen LogP contribution is 2.24. The number of imidazole rings is 1. The molecule has 0 unspecified atom stereocenters. The highest BCUT2D eigenvalue weighted by Gasteiger charge is 2.30. The van der Waals surface area contributed by atoms with Gasteiger partial charge in [-0.05, 0) is 23.8 Å². The molecule has 0 aliphatic rings. The van der Waals surface area contributed by atoms with E-state index in [0.29, 0.717) is 23.3 Å². The molecule has 0 aliphatic carbocycles. The lowest BCUT2D eigenvalue weighted by molar-refractivity contribution is -0.384. The van der Waals surface area contributed by atoms with Crippen molar-refractivity contribution in [1.82, 2.24) is 9.97 Å². The minimum Gasteiger partial charge on any atom is -0.406 e. The number of nitro groups is 1. The van der Waals surface area contributed by atoms with E-state index in [1.165, 1.54) is 42.5 Å². The Labute approximate surface area is 133 Å². The number of rotatable bonds is 4. The Kier molecular flexibility index (Phi) is 3.84. The molecule has 0 spiro atoms. The maximum Gasteiger partial charge on any atom is 0.573 e. The molecule has 2 aromatic carbocycles. The van der Waals surface area contributed by atoms with Gasteiger partial charge in [-0.2, -0.15) is 0 Å². The van der Waals surface area contributed by atoms with Crippen LogP contribution in [-0.4, -0.2) is 21.3 Å². The second kappa shape index (κ2) is 5.84. The van der Waals surface area contributed by atoms with Crippen LogP contribution in [0.5, 0.6) is 5.75 Å². The van der Waals surface area contributed by atoms with Crippen molar-refractivity contribution in [3.05, 3.63) is 64.0 Å². The number of benzene rings is 2. The van der Waals surface area contributed by atoms with Crippen LogP contribution in [0.3, 0.4) is 0 Å². The van der Waals surface area contributed by atoms with Gasteiger partial charge in [0.05, 0.1) is 16.0 Å². The van der Waals surface area contributed by atoms with Gasteiger partial charge in [-0.25, -0.2) is 4.98 Å². The number of H-pyrrole nitrogens is 1. The lowest BCUT2D eigenvalue weighted by Gasteiger charge is -2.08. The number of alkyl halides is 3. The molecule has 1 aromatic heterocycles. The fraction of sp³-hybridized carbons (Fsp3) is 0.133. The zero-order valence-corrected chi connectivity index (χ0v) is 12.0. The zero-order chi connectivity index (χ0) is 17.3. The van der Waals surface area contributed by atoms with E-state index in [4.69, 9.17) is 0 Å². The first-order valence-corrected chi connectivity index (χ1v) is 6.78. The number of ether oxygens (including phenoxy) is 1. The number of aromatic amines is 1. The fourth-order valence-corrected chi connectivity index (χ4v) is 2.25. The maximum absolute atomic E-state index is 12.1. The third kappa shape index (κ3) is 3.62. The monoisotopic (exact) mass is 337 g/mol. The van der Waals surface area contributed by atoms with E-state index >= 15 is 0 Å². The summed E-state index contributed by atoms with van der Waals surface area (Å²) in [4.78, 5) is 17.5. The van der Waals surface area contributed by atoms with Gasteiger partial charge in [0.2, 0.25) is 0 Å². The molecule has 0 fully saturated rings. The Morgan fingerprint density at radius 3 is 2.50 bits per heavy atom. The van der Waals surface area contributed by atoms with Crippen molar-refractivity contribution in [3.63, 3.8) is 0 Å². The Morgan fingerprint density at radius 2 is 1.88 bits per heavy atom. The lowest BCUT2D eigenvalue weighted by Crippen LogP contribution is -2.17. The minimum absolute atomic E-state index is 0.0497. The maximum atomic E-state index is 12.1. The molecule has 0 amide bonds. The highest BCUT2D eigenvalue weighted by atomic mass is 19.4. The first-order chi connectivity index (χ1) is 11.3. The Balaban J connectivity index is 1.78. The van der Waals surface area contributed by atoms with Gasteiger partial charge in [0.25, 0.3) is 5.69 Å². The van der Waals surface area contributed by atoms with Gasteiger partial charge in [-0.3, -0.25) is 10.1 Å². The standard InChI is InChI=1S/C15H10F3N3O3/c16-15(17,18)24-11-4-1-9(2-5-11)7-14-19-12-6-3-10(21(22)23)8-13(12)20-14/h1-6,8H,7H2,(H,19,20). The van der Waals surface area contributed by atoms with Crippen molar-refractivity contribution in [2.75, 3.05) is 0 Å². The normalized spacial score (nSPS) is 11.6. The molecule has 3 rings (SSSR count). The van der Waals surface area contributed by atoms with E-state index in [-0.39, 0.29) is 11.4 Å². The molecule has 1 N–H and O–H groups in total. The zero-order valence-electron chi connectivity index (χ0n) is 12.0. The number of aromatic nitrogens is 2. The number of nitrogens with zero attached hydrogens (tertiary/aromatic N) is 2.